The lowest BCUT2D eigenvalue weighted by Crippen LogP contribution is -2.38. The van der Waals surface area contributed by atoms with Crippen LogP contribution < -0.4 is 10.1 Å². The molecule has 1 aromatic carbocycles. The molecule has 1 amide bonds. The van der Waals surface area contributed by atoms with Gasteiger partial charge >= 0.3 is 0 Å². The van der Waals surface area contributed by atoms with Crippen molar-refractivity contribution in [3.8, 4) is 17.6 Å². The molecule has 4 aromatic rings. The van der Waals surface area contributed by atoms with E-state index in [9.17, 15) is 15.2 Å². The maximum absolute atomic E-state index is 13.0. The number of amides is 1. The molecule has 0 saturated carbocycles. The van der Waals surface area contributed by atoms with Crippen LogP contribution in [0.15, 0.2) is 55.1 Å². The number of hydrogen-bond acceptors (Lipinski definition) is 9. The Morgan fingerprint density at radius 3 is 2.86 bits per heavy atom. The van der Waals surface area contributed by atoms with Crippen molar-refractivity contribution < 1.29 is 19.4 Å². The molecule has 0 aliphatic rings. The third-order valence-electron chi connectivity index (χ3n) is 4.90. The summed E-state index contributed by atoms with van der Waals surface area (Å²) in [7, 11) is 0. The van der Waals surface area contributed by atoms with Gasteiger partial charge in [-0.25, -0.2) is 19.6 Å². The van der Waals surface area contributed by atoms with E-state index >= 15 is 0 Å². The van der Waals surface area contributed by atoms with Gasteiger partial charge in [-0.3, -0.25) is 4.79 Å². The summed E-state index contributed by atoms with van der Waals surface area (Å²) in [6.45, 7) is 1.28. The lowest BCUT2D eigenvalue weighted by Gasteiger charge is -2.20. The first-order chi connectivity index (χ1) is 17.0. The number of nitrogens with zero attached hydrogens (tertiary/aromatic N) is 6. The molecule has 4 rings (SSSR count). The third-order valence-corrected chi connectivity index (χ3v) is 5.20. The first-order valence-electron chi connectivity index (χ1n) is 10.5. The summed E-state index contributed by atoms with van der Waals surface area (Å²) in [5, 5.41) is 26.5. The number of hydrogen-bond donors (Lipinski definition) is 2. The quantitative estimate of drug-likeness (QED) is 0.358. The van der Waals surface area contributed by atoms with Crippen LogP contribution in [0.5, 0.6) is 5.88 Å². The van der Waals surface area contributed by atoms with E-state index < -0.39 is 18.1 Å². The number of benzene rings is 1. The van der Waals surface area contributed by atoms with Crippen LogP contribution >= 0.6 is 11.6 Å². The second-order valence-corrected chi connectivity index (χ2v) is 7.76. The smallest absolute Gasteiger partial charge is 0.269 e. The minimum atomic E-state index is -1.14. The second kappa shape index (κ2) is 10.9. The van der Waals surface area contributed by atoms with Crippen LogP contribution in [-0.2, 0) is 9.53 Å². The number of para-hydroxylation sites is 1. The number of carbonyl (C=O) groups excluding carboxylic acids is 1. The number of carbonyl (C=O) groups is 1. The first-order valence-corrected chi connectivity index (χ1v) is 10.9. The van der Waals surface area contributed by atoms with E-state index in [1.54, 1.807) is 49.5 Å². The first kappa shape index (κ1) is 24.0. The zero-order valence-electron chi connectivity index (χ0n) is 18.5. The summed E-state index contributed by atoms with van der Waals surface area (Å²) in [5.74, 6) is -0.108. The van der Waals surface area contributed by atoms with Crippen molar-refractivity contribution in [1.82, 2.24) is 24.7 Å². The van der Waals surface area contributed by atoms with Crippen LogP contribution in [-0.4, -0.2) is 61.2 Å². The predicted molar refractivity (Wildman–Crippen MR) is 126 cm³/mol. The fourth-order valence-electron chi connectivity index (χ4n) is 3.15. The molecule has 0 saturated heterocycles. The van der Waals surface area contributed by atoms with Gasteiger partial charge in [0.15, 0.2) is 5.65 Å². The number of aliphatic hydroxyl groups excluding tert-OH is 1. The number of nitrogens with one attached hydrogen (secondary N) is 1. The fraction of sp³-hybridized carbons (Fsp3) is 0.217. The maximum Gasteiger partial charge on any atom is 0.269 e. The number of anilines is 1. The molecule has 0 aliphatic carbocycles. The van der Waals surface area contributed by atoms with Gasteiger partial charge in [0.1, 0.15) is 29.3 Å². The van der Waals surface area contributed by atoms with Crippen molar-refractivity contribution >= 4 is 34.4 Å². The summed E-state index contributed by atoms with van der Waals surface area (Å²) in [4.78, 5) is 25.5. The van der Waals surface area contributed by atoms with Crippen LogP contribution in [0.3, 0.4) is 0 Å². The van der Waals surface area contributed by atoms with E-state index in [2.05, 4.69) is 31.4 Å². The highest BCUT2D eigenvalue weighted by molar-refractivity contribution is 6.32. The minimum Gasteiger partial charge on any atom is -0.461 e. The molecule has 2 N–H and O–H groups in total. The summed E-state index contributed by atoms with van der Waals surface area (Å²) in [5.41, 5.74) is 0.997. The van der Waals surface area contributed by atoms with Gasteiger partial charge < -0.3 is 19.9 Å². The molecule has 35 heavy (non-hydrogen) atoms. The molecule has 0 spiro atoms. The number of aliphatic hydroxyl groups is 1. The second-order valence-electron chi connectivity index (χ2n) is 7.36. The molecule has 3 aromatic heterocycles. The van der Waals surface area contributed by atoms with Gasteiger partial charge in [0.25, 0.3) is 5.91 Å². The zero-order valence-corrected chi connectivity index (χ0v) is 19.3. The highest BCUT2D eigenvalue weighted by Gasteiger charge is 2.25. The average molecular weight is 494 g/mol. The number of nitriles is 1. The van der Waals surface area contributed by atoms with Gasteiger partial charge in [0.2, 0.25) is 12.0 Å². The maximum atomic E-state index is 13.0. The summed E-state index contributed by atoms with van der Waals surface area (Å²) < 4.78 is 12.9. The van der Waals surface area contributed by atoms with Gasteiger partial charge in [-0.15, -0.1) is 0 Å². The Labute approximate surface area is 204 Å². The zero-order chi connectivity index (χ0) is 24.8. The largest absolute Gasteiger partial charge is 0.461 e. The Hall–Kier alpha value is -4.11. The molecule has 0 radical (unpaired) electrons. The van der Waals surface area contributed by atoms with Gasteiger partial charge in [0.05, 0.1) is 36.1 Å². The number of ether oxygens (including phenoxy) is 2. The summed E-state index contributed by atoms with van der Waals surface area (Å²) in [6.07, 6.45) is 2.61. The third kappa shape index (κ3) is 5.36. The predicted octanol–water partition coefficient (Wildman–Crippen LogP) is 2.52. The Morgan fingerprint density at radius 1 is 1.26 bits per heavy atom. The number of halogens is 1. The molecule has 11 nitrogen and oxygen atoms in total. The van der Waals surface area contributed by atoms with Gasteiger partial charge in [-0.2, -0.15) is 10.4 Å². The Morgan fingerprint density at radius 2 is 2.11 bits per heavy atom. The molecule has 0 bridgehead atoms. The van der Waals surface area contributed by atoms with E-state index in [4.69, 9.17) is 21.1 Å². The van der Waals surface area contributed by atoms with Gasteiger partial charge in [-0.1, -0.05) is 23.7 Å². The fourth-order valence-corrected chi connectivity index (χ4v) is 3.40. The summed E-state index contributed by atoms with van der Waals surface area (Å²) >= 11 is 6.34. The highest BCUT2D eigenvalue weighted by atomic mass is 35.5. The Balaban J connectivity index is 1.67. The standard InChI is InChI=1S/C23H20ClN7O4/c1-14(11-32)34-12-18(22(33)30-19-7-2-3-8-26-19)35-23-16-10-29-31(21(16)27-13-28-23)20-15(9-25)5-4-6-17(20)24/h2-8,10,13-14,18,32H,11-12H2,1H3,(H,26,30,33)/t14-,18+/m1/s1. The Kier molecular flexibility index (Phi) is 7.47. The van der Waals surface area contributed by atoms with Crippen molar-refractivity contribution in [2.75, 3.05) is 18.5 Å². The average Bonchev–Trinajstić information content (AvgIpc) is 3.31. The number of rotatable bonds is 9. The van der Waals surface area contributed by atoms with E-state index in [1.807, 2.05) is 0 Å². The molecule has 0 unspecified atom stereocenters. The highest BCUT2D eigenvalue weighted by Crippen LogP contribution is 2.29. The number of pyridine rings is 1. The van der Waals surface area contributed by atoms with E-state index in [0.717, 1.165) is 0 Å². The van der Waals surface area contributed by atoms with Crippen LogP contribution in [0.25, 0.3) is 16.7 Å². The lowest BCUT2D eigenvalue weighted by atomic mass is 10.2. The van der Waals surface area contributed by atoms with Crippen molar-refractivity contribution in [2.45, 2.75) is 19.1 Å². The Bertz CT molecular complexity index is 1370. The van der Waals surface area contributed by atoms with Crippen molar-refractivity contribution in [3.05, 3.63) is 65.7 Å². The molecule has 0 aliphatic heterocycles. The molecule has 178 valence electrons. The van der Waals surface area contributed by atoms with Crippen molar-refractivity contribution in [3.63, 3.8) is 0 Å². The topological polar surface area (TPSA) is 148 Å². The number of aromatic nitrogens is 5. The normalized spacial score (nSPS) is 12.6. The van der Waals surface area contributed by atoms with Crippen LogP contribution in [0.1, 0.15) is 12.5 Å². The molecule has 2 atom stereocenters. The molecular formula is C23H20ClN7O4. The van der Waals surface area contributed by atoms with E-state index in [1.165, 1.54) is 17.2 Å². The minimum absolute atomic E-state index is 0.0771. The number of fused-ring (bicyclic) bond motifs is 1. The SMILES string of the molecule is C[C@H](CO)OC[C@H](Oc1ncnc2c1cnn2-c1c(Cl)cccc1C#N)C(=O)Nc1ccccn1. The monoisotopic (exact) mass is 493 g/mol. The van der Waals surface area contributed by atoms with Crippen LogP contribution in [0.4, 0.5) is 5.82 Å². The molecule has 3 heterocycles. The van der Waals surface area contributed by atoms with Crippen LogP contribution in [0.2, 0.25) is 5.02 Å². The van der Waals surface area contributed by atoms with Gasteiger partial charge in [0, 0.05) is 6.20 Å². The molecule has 0 fully saturated rings. The van der Waals surface area contributed by atoms with E-state index in [0.29, 0.717) is 33.1 Å². The summed E-state index contributed by atoms with van der Waals surface area (Å²) in [6, 6.07) is 12.1. The van der Waals surface area contributed by atoms with E-state index in [-0.39, 0.29) is 19.1 Å². The van der Waals surface area contributed by atoms with Crippen LogP contribution in [0, 0.1) is 11.3 Å². The van der Waals surface area contributed by atoms with Gasteiger partial charge in [-0.05, 0) is 31.2 Å². The van der Waals surface area contributed by atoms with Crippen molar-refractivity contribution in [1.29, 1.82) is 5.26 Å². The molecule has 12 heteroatoms. The molecular weight excluding hydrogens is 474 g/mol. The van der Waals surface area contributed by atoms with Crippen molar-refractivity contribution in [2.24, 2.45) is 0 Å². The lowest BCUT2D eigenvalue weighted by molar-refractivity contribution is -0.127.